The van der Waals surface area contributed by atoms with E-state index in [1.807, 2.05) is 4.68 Å². The normalized spacial score (nSPS) is 15.8. The number of thiocarbonyl (C=S) groups is 1. The Hall–Kier alpha value is -1.01. The molecule has 1 aliphatic rings. The van der Waals surface area contributed by atoms with Gasteiger partial charge in [0.1, 0.15) is 10.7 Å². The number of methoxy groups -OCH3 is 1. The molecule has 0 aromatic carbocycles. The second-order valence-electron chi connectivity index (χ2n) is 4.49. The molecule has 5 nitrogen and oxygen atoms in total. The van der Waals surface area contributed by atoms with E-state index in [1.54, 1.807) is 7.11 Å². The lowest BCUT2D eigenvalue weighted by Crippen LogP contribution is -2.17. The van der Waals surface area contributed by atoms with Crippen molar-refractivity contribution in [2.45, 2.75) is 38.8 Å². The summed E-state index contributed by atoms with van der Waals surface area (Å²) in [7, 11) is 1.65. The van der Waals surface area contributed by atoms with Crippen molar-refractivity contribution in [1.82, 2.24) is 15.0 Å². The van der Waals surface area contributed by atoms with Crippen LogP contribution in [0.3, 0.4) is 0 Å². The van der Waals surface area contributed by atoms with Gasteiger partial charge in [-0.2, -0.15) is 0 Å². The van der Waals surface area contributed by atoms with Gasteiger partial charge in [-0.25, -0.2) is 4.68 Å². The van der Waals surface area contributed by atoms with Crippen molar-refractivity contribution in [3.05, 3.63) is 11.4 Å². The third-order valence-corrected chi connectivity index (χ3v) is 3.52. The summed E-state index contributed by atoms with van der Waals surface area (Å²) in [5.74, 6) is 0.850. The van der Waals surface area contributed by atoms with Gasteiger partial charge in [-0.1, -0.05) is 36.7 Å². The monoisotopic (exact) mass is 254 g/mol. The first-order valence-electron chi connectivity index (χ1n) is 5.93. The number of aromatic nitrogens is 3. The van der Waals surface area contributed by atoms with E-state index in [-0.39, 0.29) is 4.99 Å². The summed E-state index contributed by atoms with van der Waals surface area (Å²) in [5.41, 5.74) is 7.09. The Balaban J connectivity index is 2.05. The Morgan fingerprint density at radius 2 is 2.35 bits per heavy atom. The highest BCUT2D eigenvalue weighted by Gasteiger charge is 2.19. The van der Waals surface area contributed by atoms with Crippen LogP contribution in [-0.4, -0.2) is 27.1 Å². The smallest absolute Gasteiger partial charge is 0.145 e. The first kappa shape index (κ1) is 12.4. The standard InChI is InChI=1S/C11H18N4OS/c1-16-7-9-10(11(12)17)13-14-15(9)6-5-8-3-2-4-8/h8H,2-7H2,1H3,(H2,12,17). The van der Waals surface area contributed by atoms with E-state index in [0.29, 0.717) is 12.3 Å². The van der Waals surface area contributed by atoms with Crippen molar-refractivity contribution in [3.8, 4) is 0 Å². The van der Waals surface area contributed by atoms with E-state index in [9.17, 15) is 0 Å². The number of nitrogens with two attached hydrogens (primary N) is 1. The van der Waals surface area contributed by atoms with E-state index < -0.39 is 0 Å². The molecular weight excluding hydrogens is 236 g/mol. The van der Waals surface area contributed by atoms with E-state index >= 15 is 0 Å². The average Bonchev–Trinajstić information content (AvgIpc) is 2.60. The topological polar surface area (TPSA) is 66.0 Å². The average molecular weight is 254 g/mol. The molecule has 1 aliphatic carbocycles. The zero-order valence-electron chi connectivity index (χ0n) is 10.1. The molecule has 6 heteroatoms. The van der Waals surface area contributed by atoms with Crippen molar-refractivity contribution in [2.24, 2.45) is 11.7 Å². The molecule has 0 bridgehead atoms. The molecule has 0 atom stereocenters. The fraction of sp³-hybridized carbons (Fsp3) is 0.727. The molecule has 0 unspecified atom stereocenters. The van der Waals surface area contributed by atoms with Gasteiger partial charge in [0.2, 0.25) is 0 Å². The fourth-order valence-electron chi connectivity index (χ4n) is 2.07. The zero-order chi connectivity index (χ0) is 12.3. The Morgan fingerprint density at radius 3 is 2.88 bits per heavy atom. The van der Waals surface area contributed by atoms with Crippen LogP contribution in [0.2, 0.25) is 0 Å². The number of ether oxygens (including phenoxy) is 1. The Kier molecular flexibility index (Phi) is 4.06. The molecule has 1 saturated carbocycles. The maximum Gasteiger partial charge on any atom is 0.145 e. The molecule has 17 heavy (non-hydrogen) atoms. The second kappa shape index (κ2) is 5.55. The van der Waals surface area contributed by atoms with Gasteiger partial charge in [-0.15, -0.1) is 5.10 Å². The third kappa shape index (κ3) is 2.81. The fourth-order valence-corrected chi connectivity index (χ4v) is 2.23. The first-order valence-corrected chi connectivity index (χ1v) is 6.34. The van der Waals surface area contributed by atoms with Crippen LogP contribution >= 0.6 is 12.2 Å². The van der Waals surface area contributed by atoms with Crippen LogP contribution < -0.4 is 5.73 Å². The van der Waals surface area contributed by atoms with Crippen LogP contribution in [0, 0.1) is 5.92 Å². The van der Waals surface area contributed by atoms with Gasteiger partial charge in [-0.3, -0.25) is 0 Å². The number of rotatable bonds is 6. The third-order valence-electron chi connectivity index (χ3n) is 3.33. The Bertz CT molecular complexity index is 400. The van der Waals surface area contributed by atoms with E-state index in [4.69, 9.17) is 22.7 Å². The highest BCUT2D eigenvalue weighted by molar-refractivity contribution is 7.80. The van der Waals surface area contributed by atoms with Crippen molar-refractivity contribution in [1.29, 1.82) is 0 Å². The van der Waals surface area contributed by atoms with E-state index in [0.717, 1.165) is 24.6 Å². The van der Waals surface area contributed by atoms with E-state index in [1.165, 1.54) is 19.3 Å². The van der Waals surface area contributed by atoms with Gasteiger partial charge < -0.3 is 10.5 Å². The summed E-state index contributed by atoms with van der Waals surface area (Å²) in [6.45, 7) is 1.32. The van der Waals surface area contributed by atoms with Crippen molar-refractivity contribution >= 4 is 17.2 Å². The summed E-state index contributed by atoms with van der Waals surface area (Å²) in [6.07, 6.45) is 5.20. The van der Waals surface area contributed by atoms with Crippen LogP contribution in [0.5, 0.6) is 0 Å². The zero-order valence-corrected chi connectivity index (χ0v) is 10.9. The highest BCUT2D eigenvalue weighted by atomic mass is 32.1. The van der Waals surface area contributed by atoms with Crippen LogP contribution in [0.15, 0.2) is 0 Å². The summed E-state index contributed by atoms with van der Waals surface area (Å²) in [4.78, 5) is 0.284. The minimum absolute atomic E-state index is 0.284. The molecule has 0 radical (unpaired) electrons. The summed E-state index contributed by atoms with van der Waals surface area (Å²) < 4.78 is 7.02. The lowest BCUT2D eigenvalue weighted by atomic mass is 9.83. The molecule has 0 amide bonds. The lowest BCUT2D eigenvalue weighted by molar-refractivity contribution is 0.174. The molecule has 0 spiro atoms. The molecule has 2 rings (SSSR count). The first-order chi connectivity index (χ1) is 8.22. The van der Waals surface area contributed by atoms with Gasteiger partial charge in [0.15, 0.2) is 0 Å². The number of nitrogens with zero attached hydrogens (tertiary/aromatic N) is 3. The van der Waals surface area contributed by atoms with Crippen molar-refractivity contribution in [3.63, 3.8) is 0 Å². The predicted molar refractivity (Wildman–Crippen MR) is 68.6 cm³/mol. The van der Waals surface area contributed by atoms with Gasteiger partial charge >= 0.3 is 0 Å². The number of aryl methyl sites for hydroxylation is 1. The van der Waals surface area contributed by atoms with Crippen molar-refractivity contribution in [2.75, 3.05) is 7.11 Å². The van der Waals surface area contributed by atoms with Crippen LogP contribution in [-0.2, 0) is 17.9 Å². The van der Waals surface area contributed by atoms with Gasteiger partial charge in [0.25, 0.3) is 0 Å². The largest absolute Gasteiger partial charge is 0.388 e. The maximum atomic E-state index is 5.61. The molecule has 0 saturated heterocycles. The highest BCUT2D eigenvalue weighted by Crippen LogP contribution is 2.29. The van der Waals surface area contributed by atoms with Gasteiger partial charge in [-0.05, 0) is 12.3 Å². The summed E-state index contributed by atoms with van der Waals surface area (Å²) in [5, 5.41) is 8.13. The molecular formula is C11H18N4OS. The maximum absolute atomic E-state index is 5.61. The van der Waals surface area contributed by atoms with Crippen molar-refractivity contribution < 1.29 is 4.74 Å². The van der Waals surface area contributed by atoms with Crippen LogP contribution in [0.1, 0.15) is 37.1 Å². The quantitative estimate of drug-likeness (QED) is 0.774. The van der Waals surface area contributed by atoms with E-state index in [2.05, 4.69) is 10.3 Å². The second-order valence-corrected chi connectivity index (χ2v) is 4.93. The molecule has 1 aromatic heterocycles. The molecule has 1 aromatic rings. The number of hydrogen-bond donors (Lipinski definition) is 1. The Morgan fingerprint density at radius 1 is 1.59 bits per heavy atom. The van der Waals surface area contributed by atoms with Gasteiger partial charge in [0, 0.05) is 13.7 Å². The van der Waals surface area contributed by atoms with Crippen LogP contribution in [0.4, 0.5) is 0 Å². The van der Waals surface area contributed by atoms with Gasteiger partial charge in [0.05, 0.1) is 12.3 Å². The summed E-state index contributed by atoms with van der Waals surface area (Å²) in [6, 6.07) is 0. The van der Waals surface area contributed by atoms with Crippen LogP contribution in [0.25, 0.3) is 0 Å². The Labute approximate surface area is 106 Å². The SMILES string of the molecule is COCc1c(C(N)=S)nnn1CCC1CCC1. The molecule has 1 fully saturated rings. The molecule has 1 heterocycles. The number of hydrogen-bond acceptors (Lipinski definition) is 4. The molecule has 94 valence electrons. The minimum Gasteiger partial charge on any atom is -0.388 e. The summed E-state index contributed by atoms with van der Waals surface area (Å²) >= 11 is 4.95. The predicted octanol–water partition coefficient (Wildman–Crippen LogP) is 1.25. The minimum atomic E-state index is 0.284. The molecule has 0 aliphatic heterocycles. The lowest BCUT2D eigenvalue weighted by Gasteiger charge is -2.25. The molecule has 2 N–H and O–H groups in total.